The number of sulfonamides is 1. The van der Waals surface area contributed by atoms with E-state index in [1.165, 1.54) is 33.8 Å². The number of aryl methyl sites for hydroxylation is 1. The number of carboxylic acid groups (broad SMARTS) is 1. The zero-order valence-electron chi connectivity index (χ0n) is 18.5. The smallest absolute Gasteiger partial charge is 0.348 e. The van der Waals surface area contributed by atoms with E-state index >= 15 is 0 Å². The summed E-state index contributed by atoms with van der Waals surface area (Å²) >= 11 is 2.69. The molecule has 35 heavy (non-hydrogen) atoms. The molecule has 5 aromatic rings. The topological polar surface area (TPSA) is 122 Å². The zero-order chi connectivity index (χ0) is 25.0. The SMILES string of the molecule is Cc1ccc2nc(-c3ccc(N)cc3)sc2c1.O=C(O)c1sccc1NS(=O)(=O)c1ccccc1. The van der Waals surface area contributed by atoms with Gasteiger partial charge in [0.2, 0.25) is 0 Å². The normalized spacial score (nSPS) is 11.0. The molecule has 0 radical (unpaired) electrons. The second kappa shape index (κ2) is 10.3. The second-order valence-electron chi connectivity index (χ2n) is 7.50. The van der Waals surface area contributed by atoms with E-state index in [9.17, 15) is 13.2 Å². The number of nitrogens with one attached hydrogen (secondary N) is 1. The Bertz CT molecular complexity index is 1580. The third-order valence-electron chi connectivity index (χ3n) is 4.86. The fourth-order valence-electron chi connectivity index (χ4n) is 3.14. The van der Waals surface area contributed by atoms with Crippen LogP contribution in [0.15, 0.2) is 89.1 Å². The summed E-state index contributed by atoms with van der Waals surface area (Å²) in [6.07, 6.45) is 0. The molecule has 4 N–H and O–H groups in total. The van der Waals surface area contributed by atoms with Gasteiger partial charge in [0.1, 0.15) is 9.88 Å². The van der Waals surface area contributed by atoms with Crippen molar-refractivity contribution in [3.05, 3.63) is 94.7 Å². The van der Waals surface area contributed by atoms with E-state index < -0.39 is 16.0 Å². The molecule has 2 heterocycles. The Morgan fingerprint density at radius 1 is 1.00 bits per heavy atom. The molecule has 0 bridgehead atoms. The highest BCUT2D eigenvalue weighted by molar-refractivity contribution is 7.92. The van der Waals surface area contributed by atoms with Crippen LogP contribution in [0.3, 0.4) is 0 Å². The number of nitrogen functional groups attached to an aromatic ring is 1. The summed E-state index contributed by atoms with van der Waals surface area (Å²) in [6.45, 7) is 2.10. The fraction of sp³-hybridized carbons (Fsp3) is 0.0400. The molecule has 0 amide bonds. The van der Waals surface area contributed by atoms with Crippen LogP contribution in [0.5, 0.6) is 0 Å². The highest BCUT2D eigenvalue weighted by Crippen LogP contribution is 2.31. The number of hydrogen-bond acceptors (Lipinski definition) is 7. The number of nitrogens with two attached hydrogens (primary N) is 1. The summed E-state index contributed by atoms with van der Waals surface area (Å²) in [5.74, 6) is -1.16. The monoisotopic (exact) mass is 523 g/mol. The lowest BCUT2D eigenvalue weighted by molar-refractivity contribution is 0.0703. The minimum absolute atomic E-state index is 0.0329. The number of benzene rings is 3. The number of hydrogen-bond donors (Lipinski definition) is 3. The first-order valence-corrected chi connectivity index (χ1v) is 13.5. The lowest BCUT2D eigenvalue weighted by Gasteiger charge is -2.07. The Morgan fingerprint density at radius 2 is 1.71 bits per heavy atom. The van der Waals surface area contributed by atoms with Gasteiger partial charge in [0.25, 0.3) is 10.0 Å². The first-order chi connectivity index (χ1) is 16.7. The highest BCUT2D eigenvalue weighted by atomic mass is 32.2. The number of carbonyl (C=O) groups is 1. The molecule has 0 aliphatic rings. The Kier molecular flexibility index (Phi) is 7.15. The van der Waals surface area contributed by atoms with E-state index in [0.717, 1.165) is 33.1 Å². The quantitative estimate of drug-likeness (QED) is 0.239. The van der Waals surface area contributed by atoms with E-state index in [-0.39, 0.29) is 15.5 Å². The first kappa shape index (κ1) is 24.4. The maximum Gasteiger partial charge on any atom is 0.348 e. The lowest BCUT2D eigenvalue weighted by Crippen LogP contribution is -2.14. The number of rotatable bonds is 5. The van der Waals surface area contributed by atoms with Gasteiger partial charge in [-0.15, -0.1) is 22.7 Å². The van der Waals surface area contributed by atoms with Gasteiger partial charge in [-0.1, -0.05) is 24.3 Å². The number of anilines is 2. The van der Waals surface area contributed by atoms with Crippen molar-refractivity contribution >= 4 is 60.3 Å². The van der Waals surface area contributed by atoms with Crippen LogP contribution in [0.25, 0.3) is 20.8 Å². The summed E-state index contributed by atoms with van der Waals surface area (Å²) < 4.78 is 27.4. The van der Waals surface area contributed by atoms with Gasteiger partial charge < -0.3 is 10.8 Å². The number of fused-ring (bicyclic) bond motifs is 1. The Balaban J connectivity index is 0.000000165. The Labute approximate surface area is 210 Å². The largest absolute Gasteiger partial charge is 0.477 e. The predicted molar refractivity (Wildman–Crippen MR) is 143 cm³/mol. The van der Waals surface area contributed by atoms with Crippen molar-refractivity contribution in [3.63, 3.8) is 0 Å². The summed E-state index contributed by atoms with van der Waals surface area (Å²) in [4.78, 5) is 15.6. The number of thiophene rings is 1. The minimum Gasteiger partial charge on any atom is -0.477 e. The van der Waals surface area contributed by atoms with Gasteiger partial charge in [0.15, 0.2) is 0 Å². The fourth-order valence-corrected chi connectivity index (χ4v) is 6.05. The molecule has 3 aromatic carbocycles. The van der Waals surface area contributed by atoms with E-state index in [4.69, 9.17) is 10.8 Å². The number of thiazole rings is 1. The zero-order valence-corrected chi connectivity index (χ0v) is 21.0. The Morgan fingerprint density at radius 3 is 2.40 bits per heavy atom. The average molecular weight is 524 g/mol. The number of carboxylic acids is 1. The Hall–Kier alpha value is -3.73. The van der Waals surface area contributed by atoms with Gasteiger partial charge in [0, 0.05) is 11.3 Å². The molecule has 0 fully saturated rings. The standard InChI is InChI=1S/C14H12N2S.C11H9NO4S2/c1-9-2-7-12-13(8-9)17-14(16-12)10-3-5-11(15)6-4-10;13-11(14)10-9(6-7-17-10)12-18(15,16)8-4-2-1-3-5-8/h2-8H,15H2,1H3;1-7,12H,(H,13,14). The molecule has 0 atom stereocenters. The van der Waals surface area contributed by atoms with Crippen molar-refractivity contribution in [1.29, 1.82) is 0 Å². The highest BCUT2D eigenvalue weighted by Gasteiger charge is 2.19. The molecule has 0 unspecified atom stereocenters. The summed E-state index contributed by atoms with van der Waals surface area (Å²) in [7, 11) is -3.75. The molecule has 0 saturated heterocycles. The van der Waals surface area contributed by atoms with Crippen LogP contribution in [-0.4, -0.2) is 24.5 Å². The third-order valence-corrected chi connectivity index (χ3v) is 8.21. The molecule has 5 rings (SSSR count). The summed E-state index contributed by atoms with van der Waals surface area (Å²) in [5, 5.41) is 11.5. The lowest BCUT2D eigenvalue weighted by atomic mass is 10.2. The third kappa shape index (κ3) is 5.86. The van der Waals surface area contributed by atoms with Crippen molar-refractivity contribution in [2.45, 2.75) is 11.8 Å². The van der Waals surface area contributed by atoms with E-state index in [1.807, 2.05) is 24.3 Å². The average Bonchev–Trinajstić information content (AvgIpc) is 3.47. The number of aromatic nitrogens is 1. The van der Waals surface area contributed by atoms with E-state index in [0.29, 0.717) is 0 Å². The molecular formula is C25H21N3O4S3. The summed E-state index contributed by atoms with van der Waals surface area (Å²) in [6, 6.07) is 23.4. The molecule has 10 heteroatoms. The van der Waals surface area contributed by atoms with Crippen LogP contribution in [0.4, 0.5) is 11.4 Å². The maximum atomic E-state index is 12.0. The van der Waals surface area contributed by atoms with Crippen molar-refractivity contribution in [2.75, 3.05) is 10.5 Å². The number of nitrogens with zero attached hydrogens (tertiary/aromatic N) is 1. The van der Waals surface area contributed by atoms with Crippen molar-refractivity contribution in [3.8, 4) is 10.6 Å². The molecule has 0 spiro atoms. The van der Waals surface area contributed by atoms with Gasteiger partial charge in [-0.2, -0.15) is 0 Å². The molecule has 7 nitrogen and oxygen atoms in total. The van der Waals surface area contributed by atoms with Gasteiger partial charge in [-0.25, -0.2) is 18.2 Å². The van der Waals surface area contributed by atoms with Crippen LogP contribution in [0.1, 0.15) is 15.2 Å². The van der Waals surface area contributed by atoms with Gasteiger partial charge in [-0.05, 0) is 72.5 Å². The molecule has 2 aromatic heterocycles. The predicted octanol–water partition coefficient (Wildman–Crippen LogP) is 6.10. The molecular weight excluding hydrogens is 502 g/mol. The van der Waals surface area contributed by atoms with Crippen LogP contribution >= 0.6 is 22.7 Å². The van der Waals surface area contributed by atoms with Crippen molar-refractivity contribution < 1.29 is 18.3 Å². The summed E-state index contributed by atoms with van der Waals surface area (Å²) in [5.41, 5.74) is 10.00. The minimum atomic E-state index is -3.75. The van der Waals surface area contributed by atoms with Crippen LogP contribution in [0.2, 0.25) is 0 Å². The van der Waals surface area contributed by atoms with Gasteiger partial charge >= 0.3 is 5.97 Å². The maximum absolute atomic E-state index is 12.0. The van der Waals surface area contributed by atoms with Crippen molar-refractivity contribution in [1.82, 2.24) is 4.98 Å². The second-order valence-corrected chi connectivity index (χ2v) is 11.1. The molecule has 0 aliphatic heterocycles. The van der Waals surface area contributed by atoms with Crippen LogP contribution in [-0.2, 0) is 10.0 Å². The molecule has 178 valence electrons. The first-order valence-electron chi connectivity index (χ1n) is 10.3. The molecule has 0 aliphatic carbocycles. The van der Waals surface area contributed by atoms with E-state index in [1.54, 1.807) is 29.5 Å². The van der Waals surface area contributed by atoms with Crippen LogP contribution < -0.4 is 10.5 Å². The molecule has 0 saturated carbocycles. The van der Waals surface area contributed by atoms with Crippen molar-refractivity contribution in [2.24, 2.45) is 0 Å². The van der Waals surface area contributed by atoms with Crippen LogP contribution in [0, 0.1) is 6.92 Å². The van der Waals surface area contributed by atoms with E-state index in [2.05, 4.69) is 34.8 Å². The van der Waals surface area contributed by atoms with Gasteiger partial charge in [-0.3, -0.25) is 4.72 Å². The number of aromatic carboxylic acids is 1. The van der Waals surface area contributed by atoms with Gasteiger partial charge in [0.05, 0.1) is 20.8 Å².